The van der Waals surface area contributed by atoms with Crippen LogP contribution in [-0.4, -0.2) is 29.6 Å². The zero-order chi connectivity index (χ0) is 18.1. The van der Waals surface area contributed by atoms with Gasteiger partial charge >= 0.3 is 6.09 Å². The number of nitrogens with zero attached hydrogens (tertiary/aromatic N) is 2. The van der Waals surface area contributed by atoms with Crippen LogP contribution in [0.5, 0.6) is 11.6 Å². The summed E-state index contributed by atoms with van der Waals surface area (Å²) in [4.78, 5) is 18.5. The van der Waals surface area contributed by atoms with Crippen molar-refractivity contribution in [3.05, 3.63) is 65.2 Å². The molecule has 2 aromatic carbocycles. The summed E-state index contributed by atoms with van der Waals surface area (Å²) in [5.74, 6) is 1.25. The van der Waals surface area contributed by atoms with E-state index < -0.39 is 0 Å². The Labute approximate surface area is 152 Å². The zero-order valence-corrected chi connectivity index (χ0v) is 14.9. The number of rotatable bonds is 4. The molecule has 0 aliphatic carbocycles. The molecule has 2 heterocycles. The Kier molecular flexibility index (Phi) is 4.21. The summed E-state index contributed by atoms with van der Waals surface area (Å²) in [7, 11) is 1.65. The summed E-state index contributed by atoms with van der Waals surface area (Å²) in [6.45, 7) is 3.16. The third-order valence-corrected chi connectivity index (χ3v) is 4.64. The molecule has 1 aliphatic heterocycles. The molecule has 0 fully saturated rings. The second kappa shape index (κ2) is 6.67. The minimum Gasteiger partial charge on any atom is -0.497 e. The third kappa shape index (κ3) is 3.20. The van der Waals surface area contributed by atoms with Crippen LogP contribution in [0.4, 0.5) is 4.79 Å². The summed E-state index contributed by atoms with van der Waals surface area (Å²) in [5.41, 5.74) is 4.12. The van der Waals surface area contributed by atoms with Gasteiger partial charge in [0.25, 0.3) is 0 Å². The van der Waals surface area contributed by atoms with Crippen molar-refractivity contribution in [3.63, 3.8) is 0 Å². The number of hydrogen-bond donors (Lipinski definition) is 0. The molecule has 0 saturated carbocycles. The number of benzene rings is 2. The van der Waals surface area contributed by atoms with Crippen molar-refractivity contribution in [2.24, 2.45) is 0 Å². The number of ether oxygens (including phenoxy) is 2. The Bertz CT molecular complexity index is 967. The molecule has 1 aliphatic rings. The van der Waals surface area contributed by atoms with Gasteiger partial charge in [-0.3, -0.25) is 0 Å². The van der Waals surface area contributed by atoms with E-state index in [1.165, 1.54) is 5.56 Å². The molecule has 0 spiro atoms. The Morgan fingerprint density at radius 1 is 1.15 bits per heavy atom. The molecular weight excluding hydrogens is 328 g/mol. The summed E-state index contributed by atoms with van der Waals surface area (Å²) >= 11 is 0. The van der Waals surface area contributed by atoms with E-state index in [1.807, 2.05) is 36.4 Å². The zero-order valence-electron chi connectivity index (χ0n) is 14.9. The van der Waals surface area contributed by atoms with E-state index in [4.69, 9.17) is 9.47 Å². The maximum atomic E-state index is 12.3. The van der Waals surface area contributed by atoms with Gasteiger partial charge in [-0.1, -0.05) is 23.8 Å². The monoisotopic (exact) mass is 348 g/mol. The average molecular weight is 348 g/mol. The lowest BCUT2D eigenvalue weighted by atomic mass is 10.1. The van der Waals surface area contributed by atoms with Gasteiger partial charge in [0.15, 0.2) is 0 Å². The van der Waals surface area contributed by atoms with Crippen LogP contribution in [0.25, 0.3) is 10.9 Å². The molecule has 5 heteroatoms. The maximum Gasteiger partial charge on any atom is 0.416 e. The number of aryl methyl sites for hydroxylation is 1. The first-order valence-corrected chi connectivity index (χ1v) is 8.62. The van der Waals surface area contributed by atoms with Crippen molar-refractivity contribution in [2.75, 3.05) is 13.7 Å². The topological polar surface area (TPSA) is 51.7 Å². The van der Waals surface area contributed by atoms with Crippen molar-refractivity contribution in [3.8, 4) is 11.6 Å². The summed E-state index contributed by atoms with van der Waals surface area (Å²) in [5, 5.41) is 1.07. The lowest BCUT2D eigenvalue weighted by Gasteiger charge is -2.27. The fourth-order valence-corrected chi connectivity index (χ4v) is 3.17. The average Bonchev–Trinajstić information content (AvgIpc) is 2.65. The molecule has 1 aromatic heterocycles. The quantitative estimate of drug-likeness (QED) is 0.712. The molecular formula is C21H20N2O3. The highest BCUT2D eigenvalue weighted by atomic mass is 16.6. The van der Waals surface area contributed by atoms with Crippen LogP contribution in [0.2, 0.25) is 0 Å². The highest BCUT2D eigenvalue weighted by Gasteiger charge is 2.26. The Balaban J connectivity index is 1.52. The predicted molar refractivity (Wildman–Crippen MR) is 99.6 cm³/mol. The lowest BCUT2D eigenvalue weighted by Crippen LogP contribution is -2.38. The largest absolute Gasteiger partial charge is 0.497 e. The SMILES string of the molecule is COc1ccc(CCN2Cc3cc4cc(C)ccc4nc3OC2=O)cc1. The number of carbonyl (C=O) groups excluding carboxylic acids is 1. The molecule has 0 N–H and O–H groups in total. The fourth-order valence-electron chi connectivity index (χ4n) is 3.17. The van der Waals surface area contributed by atoms with E-state index in [9.17, 15) is 4.79 Å². The van der Waals surface area contributed by atoms with Crippen LogP contribution >= 0.6 is 0 Å². The van der Waals surface area contributed by atoms with Crippen LogP contribution in [-0.2, 0) is 13.0 Å². The summed E-state index contributed by atoms with van der Waals surface area (Å²) in [6.07, 6.45) is 0.416. The van der Waals surface area contributed by atoms with Crippen LogP contribution in [0.1, 0.15) is 16.7 Å². The molecule has 0 atom stereocenters. The fraction of sp³-hybridized carbons (Fsp3) is 0.238. The first kappa shape index (κ1) is 16.4. The molecule has 132 valence electrons. The van der Waals surface area contributed by atoms with Crippen molar-refractivity contribution in [2.45, 2.75) is 19.9 Å². The third-order valence-electron chi connectivity index (χ3n) is 4.64. The van der Waals surface area contributed by atoms with Gasteiger partial charge in [0.05, 0.1) is 19.2 Å². The predicted octanol–water partition coefficient (Wildman–Crippen LogP) is 4.11. The molecule has 3 aromatic rings. The molecule has 0 saturated heterocycles. The Morgan fingerprint density at radius 2 is 1.96 bits per heavy atom. The number of pyridine rings is 1. The second-order valence-electron chi connectivity index (χ2n) is 6.54. The molecule has 0 unspecified atom stereocenters. The van der Waals surface area contributed by atoms with Crippen molar-refractivity contribution < 1.29 is 14.3 Å². The van der Waals surface area contributed by atoms with E-state index >= 15 is 0 Å². The van der Waals surface area contributed by atoms with Crippen LogP contribution < -0.4 is 9.47 Å². The molecule has 1 amide bonds. The first-order valence-electron chi connectivity index (χ1n) is 8.62. The number of aromatic nitrogens is 1. The van der Waals surface area contributed by atoms with Gasteiger partial charge in [0, 0.05) is 17.5 Å². The number of carbonyl (C=O) groups is 1. The van der Waals surface area contributed by atoms with Gasteiger partial charge in [-0.15, -0.1) is 0 Å². The number of amides is 1. The highest BCUT2D eigenvalue weighted by Crippen LogP contribution is 2.28. The van der Waals surface area contributed by atoms with Crippen molar-refractivity contribution >= 4 is 17.0 Å². The van der Waals surface area contributed by atoms with Gasteiger partial charge in [0.1, 0.15) is 5.75 Å². The van der Waals surface area contributed by atoms with Crippen LogP contribution in [0.15, 0.2) is 48.5 Å². The Morgan fingerprint density at radius 3 is 2.73 bits per heavy atom. The molecule has 4 rings (SSSR count). The summed E-state index contributed by atoms with van der Waals surface area (Å²) < 4.78 is 10.6. The maximum absolute atomic E-state index is 12.3. The Hall–Kier alpha value is -3.08. The number of methoxy groups -OCH3 is 1. The van der Waals surface area contributed by atoms with Crippen LogP contribution in [0.3, 0.4) is 0 Å². The smallest absolute Gasteiger partial charge is 0.416 e. The van der Waals surface area contributed by atoms with Gasteiger partial charge in [-0.25, -0.2) is 9.78 Å². The second-order valence-corrected chi connectivity index (χ2v) is 6.54. The van der Waals surface area contributed by atoms with Crippen LogP contribution in [0, 0.1) is 6.92 Å². The van der Waals surface area contributed by atoms with E-state index in [0.29, 0.717) is 19.0 Å². The first-order chi connectivity index (χ1) is 12.6. The van der Waals surface area contributed by atoms with E-state index in [0.717, 1.165) is 34.2 Å². The van der Waals surface area contributed by atoms with Gasteiger partial charge in [0.2, 0.25) is 5.88 Å². The molecule has 5 nitrogen and oxygen atoms in total. The van der Waals surface area contributed by atoms with Gasteiger partial charge in [-0.2, -0.15) is 0 Å². The molecule has 0 bridgehead atoms. The molecule has 26 heavy (non-hydrogen) atoms. The van der Waals surface area contributed by atoms with Gasteiger partial charge < -0.3 is 14.4 Å². The highest BCUT2D eigenvalue weighted by molar-refractivity contribution is 5.82. The van der Waals surface area contributed by atoms with E-state index in [1.54, 1.807) is 12.0 Å². The number of hydrogen-bond acceptors (Lipinski definition) is 4. The van der Waals surface area contributed by atoms with E-state index in [-0.39, 0.29) is 6.09 Å². The minimum absolute atomic E-state index is 0.343. The lowest BCUT2D eigenvalue weighted by molar-refractivity contribution is 0.137. The van der Waals surface area contributed by atoms with Crippen molar-refractivity contribution in [1.29, 1.82) is 0 Å². The van der Waals surface area contributed by atoms with E-state index in [2.05, 4.69) is 24.0 Å². The van der Waals surface area contributed by atoms with Gasteiger partial charge in [-0.05, 0) is 49.2 Å². The van der Waals surface area contributed by atoms with Crippen molar-refractivity contribution in [1.82, 2.24) is 9.88 Å². The molecule has 0 radical (unpaired) electrons. The standard InChI is InChI=1S/C21H20N2O3/c1-14-3-8-19-16(11-14)12-17-13-23(21(24)26-20(17)22-19)10-9-15-4-6-18(25-2)7-5-15/h3-8,11-12H,9-10,13H2,1-2H3. The number of fused-ring (bicyclic) bond motifs is 2. The normalized spacial score (nSPS) is 13.5. The minimum atomic E-state index is -0.343. The summed E-state index contributed by atoms with van der Waals surface area (Å²) in [6, 6.07) is 16.0.